The number of nitrogens with zero attached hydrogens (tertiary/aromatic N) is 1. The van der Waals surface area contributed by atoms with Crippen molar-refractivity contribution < 1.29 is 24.0 Å². The third-order valence-corrected chi connectivity index (χ3v) is 2.56. The number of nitro groups is 1. The van der Waals surface area contributed by atoms with E-state index in [-0.39, 0.29) is 31.5 Å². The maximum absolute atomic E-state index is 11.4. The van der Waals surface area contributed by atoms with Crippen LogP contribution < -0.4 is 5.32 Å². The Hall–Kier alpha value is -2.92. The number of nitrogens with one attached hydrogen (secondary N) is 1. The van der Waals surface area contributed by atoms with Gasteiger partial charge in [-0.15, -0.1) is 0 Å². The third-order valence-electron chi connectivity index (χ3n) is 2.56. The summed E-state index contributed by atoms with van der Waals surface area (Å²) in [6, 6.07) is 5.66. The quantitative estimate of drug-likeness (QED) is 0.199. The zero-order valence-corrected chi connectivity index (χ0v) is 13.4. The van der Waals surface area contributed by atoms with Gasteiger partial charge in [0.05, 0.1) is 24.1 Å². The van der Waals surface area contributed by atoms with E-state index in [1.54, 1.807) is 13.8 Å². The van der Waals surface area contributed by atoms with Crippen molar-refractivity contribution in [2.75, 3.05) is 13.1 Å². The summed E-state index contributed by atoms with van der Waals surface area (Å²) in [4.78, 5) is 32.6. The SMILES string of the molecule is CC(C)OC(=O)CNCC#CC(=O)OCc1ccc([N+](=O)[O-])cc1. The number of non-ortho nitro benzene ring substituents is 1. The van der Waals surface area contributed by atoms with E-state index in [0.717, 1.165) is 0 Å². The minimum absolute atomic E-state index is 0.00467. The number of esters is 2. The molecule has 24 heavy (non-hydrogen) atoms. The summed E-state index contributed by atoms with van der Waals surface area (Å²) >= 11 is 0. The van der Waals surface area contributed by atoms with Gasteiger partial charge in [0.15, 0.2) is 0 Å². The minimum Gasteiger partial charge on any atom is -0.462 e. The van der Waals surface area contributed by atoms with Gasteiger partial charge in [-0.25, -0.2) is 4.79 Å². The molecule has 1 aromatic rings. The molecule has 0 aliphatic heterocycles. The monoisotopic (exact) mass is 334 g/mol. The first-order chi connectivity index (χ1) is 11.4. The summed E-state index contributed by atoms with van der Waals surface area (Å²) in [5, 5.41) is 13.2. The molecule has 0 saturated carbocycles. The number of carbonyl (C=O) groups is 2. The van der Waals surface area contributed by atoms with Crippen LogP contribution in [0.2, 0.25) is 0 Å². The number of nitro benzene ring substituents is 1. The van der Waals surface area contributed by atoms with Gasteiger partial charge in [0, 0.05) is 18.1 Å². The van der Waals surface area contributed by atoms with Crippen LogP contribution in [-0.2, 0) is 25.7 Å². The molecule has 0 unspecified atom stereocenters. The topological polar surface area (TPSA) is 108 Å². The lowest BCUT2D eigenvalue weighted by Crippen LogP contribution is -2.26. The first kappa shape index (κ1) is 19.1. The molecule has 128 valence electrons. The minimum atomic E-state index is -0.722. The van der Waals surface area contributed by atoms with Gasteiger partial charge < -0.3 is 9.47 Å². The van der Waals surface area contributed by atoms with Crippen molar-refractivity contribution in [1.82, 2.24) is 5.32 Å². The lowest BCUT2D eigenvalue weighted by Gasteiger charge is -2.06. The summed E-state index contributed by atoms with van der Waals surface area (Å²) < 4.78 is 9.81. The molecule has 0 heterocycles. The van der Waals surface area contributed by atoms with E-state index < -0.39 is 16.9 Å². The van der Waals surface area contributed by atoms with E-state index in [9.17, 15) is 19.7 Å². The van der Waals surface area contributed by atoms with Crippen LogP contribution >= 0.6 is 0 Å². The molecule has 0 fully saturated rings. The predicted octanol–water partition coefficient (Wildman–Crippen LogP) is 1.18. The Labute approximate surface area is 139 Å². The Kier molecular flexibility index (Phi) is 7.94. The van der Waals surface area contributed by atoms with Gasteiger partial charge in [0.2, 0.25) is 0 Å². The first-order valence-corrected chi connectivity index (χ1v) is 7.17. The van der Waals surface area contributed by atoms with Crippen LogP contribution in [0.3, 0.4) is 0 Å². The van der Waals surface area contributed by atoms with Gasteiger partial charge in [0.25, 0.3) is 5.69 Å². The van der Waals surface area contributed by atoms with Crippen molar-refractivity contribution in [1.29, 1.82) is 0 Å². The normalized spacial score (nSPS) is 9.79. The Morgan fingerprint density at radius 2 is 1.96 bits per heavy atom. The molecule has 0 aromatic heterocycles. The molecular weight excluding hydrogens is 316 g/mol. The first-order valence-electron chi connectivity index (χ1n) is 7.17. The molecular formula is C16H18N2O6. The highest BCUT2D eigenvalue weighted by molar-refractivity contribution is 5.88. The van der Waals surface area contributed by atoms with Crippen LogP contribution in [0.5, 0.6) is 0 Å². The molecule has 0 radical (unpaired) electrons. The van der Waals surface area contributed by atoms with Crippen molar-refractivity contribution in [2.45, 2.75) is 26.6 Å². The van der Waals surface area contributed by atoms with Crippen molar-refractivity contribution in [2.24, 2.45) is 0 Å². The van der Waals surface area contributed by atoms with Crippen molar-refractivity contribution >= 4 is 17.6 Å². The van der Waals surface area contributed by atoms with Crippen LogP contribution in [-0.4, -0.2) is 36.1 Å². The van der Waals surface area contributed by atoms with Crippen LogP contribution in [0.25, 0.3) is 0 Å². The summed E-state index contributed by atoms with van der Waals surface area (Å²) in [6.45, 7) is 3.61. The predicted molar refractivity (Wildman–Crippen MR) is 84.8 cm³/mol. The second kappa shape index (κ2) is 9.97. The molecule has 8 heteroatoms. The second-order valence-electron chi connectivity index (χ2n) is 4.94. The van der Waals surface area contributed by atoms with Gasteiger partial charge in [-0.1, -0.05) is 5.92 Å². The molecule has 0 spiro atoms. The van der Waals surface area contributed by atoms with Gasteiger partial charge in [0.1, 0.15) is 6.61 Å². The Morgan fingerprint density at radius 1 is 1.29 bits per heavy atom. The maximum Gasteiger partial charge on any atom is 0.384 e. The van der Waals surface area contributed by atoms with E-state index in [1.165, 1.54) is 24.3 Å². The number of benzene rings is 1. The van der Waals surface area contributed by atoms with Crippen molar-refractivity contribution in [3.05, 3.63) is 39.9 Å². The zero-order valence-electron chi connectivity index (χ0n) is 13.4. The largest absolute Gasteiger partial charge is 0.462 e. The molecule has 1 aromatic carbocycles. The van der Waals surface area contributed by atoms with Gasteiger partial charge >= 0.3 is 11.9 Å². The number of hydrogen-bond donors (Lipinski definition) is 1. The molecule has 0 atom stereocenters. The Bertz CT molecular complexity index is 643. The summed E-state index contributed by atoms with van der Waals surface area (Å²) in [6.07, 6.45) is -0.181. The molecule has 0 aliphatic rings. The van der Waals surface area contributed by atoms with E-state index in [4.69, 9.17) is 9.47 Å². The van der Waals surface area contributed by atoms with Crippen LogP contribution in [0.4, 0.5) is 5.69 Å². The fourth-order valence-electron chi connectivity index (χ4n) is 1.55. The van der Waals surface area contributed by atoms with E-state index in [2.05, 4.69) is 17.2 Å². The molecule has 1 N–H and O–H groups in total. The van der Waals surface area contributed by atoms with E-state index in [0.29, 0.717) is 5.56 Å². The summed E-state index contributed by atoms with van der Waals surface area (Å²) in [5.74, 6) is 3.67. The lowest BCUT2D eigenvalue weighted by molar-refractivity contribution is -0.384. The highest BCUT2D eigenvalue weighted by Crippen LogP contribution is 2.12. The third kappa shape index (κ3) is 7.91. The Morgan fingerprint density at radius 3 is 2.54 bits per heavy atom. The van der Waals surface area contributed by atoms with Crippen molar-refractivity contribution in [3.63, 3.8) is 0 Å². The molecule has 0 amide bonds. The van der Waals surface area contributed by atoms with Crippen LogP contribution in [0.1, 0.15) is 19.4 Å². The van der Waals surface area contributed by atoms with Crippen LogP contribution in [0.15, 0.2) is 24.3 Å². The number of rotatable bonds is 7. The Balaban J connectivity index is 2.27. The molecule has 0 bridgehead atoms. The smallest absolute Gasteiger partial charge is 0.384 e. The lowest BCUT2D eigenvalue weighted by atomic mass is 10.2. The highest BCUT2D eigenvalue weighted by Gasteiger charge is 2.05. The van der Waals surface area contributed by atoms with E-state index >= 15 is 0 Å². The standard InChI is InChI=1S/C16H18N2O6/c1-12(2)24-16(20)10-17-9-3-4-15(19)23-11-13-5-7-14(8-6-13)18(21)22/h5-8,12,17H,9-11H2,1-2H3. The van der Waals surface area contributed by atoms with Gasteiger partial charge in [-0.2, -0.15) is 0 Å². The molecule has 0 aliphatic carbocycles. The van der Waals surface area contributed by atoms with Crippen LogP contribution in [0, 0.1) is 22.0 Å². The summed E-state index contributed by atoms with van der Waals surface area (Å²) in [7, 11) is 0. The second-order valence-corrected chi connectivity index (χ2v) is 4.94. The zero-order chi connectivity index (χ0) is 17.9. The molecule has 8 nitrogen and oxygen atoms in total. The van der Waals surface area contributed by atoms with Crippen molar-refractivity contribution in [3.8, 4) is 11.8 Å². The fraction of sp³-hybridized carbons (Fsp3) is 0.375. The number of hydrogen-bond acceptors (Lipinski definition) is 7. The van der Waals surface area contributed by atoms with E-state index in [1.807, 2.05) is 0 Å². The highest BCUT2D eigenvalue weighted by atomic mass is 16.6. The molecule has 0 saturated heterocycles. The fourth-order valence-corrected chi connectivity index (χ4v) is 1.55. The number of ether oxygens (including phenoxy) is 2. The average Bonchev–Trinajstić information content (AvgIpc) is 2.52. The summed E-state index contributed by atoms with van der Waals surface area (Å²) in [5.41, 5.74) is 0.581. The number of carbonyl (C=O) groups excluding carboxylic acids is 2. The maximum atomic E-state index is 11.4. The molecule has 1 rings (SSSR count). The average molecular weight is 334 g/mol. The van der Waals surface area contributed by atoms with Gasteiger partial charge in [-0.3, -0.25) is 20.2 Å². The van der Waals surface area contributed by atoms with Gasteiger partial charge in [-0.05, 0) is 31.5 Å².